The topological polar surface area (TPSA) is 128 Å². The average molecular weight is 463 g/mol. The van der Waals surface area contributed by atoms with Crippen LogP contribution in [-0.4, -0.2) is 47.2 Å². The number of methoxy groups -OCH3 is 1. The normalized spacial score (nSPS) is 13.5. The predicted molar refractivity (Wildman–Crippen MR) is 116 cm³/mol. The number of hydroxylamine groups is 1. The number of hydrogen-bond donors (Lipinski definition) is 2. The second kappa shape index (κ2) is 8.67. The molecule has 9 nitrogen and oxygen atoms in total. The summed E-state index contributed by atoms with van der Waals surface area (Å²) in [6.45, 7) is 1.04. The summed E-state index contributed by atoms with van der Waals surface area (Å²) < 4.78 is 43.0. The summed E-state index contributed by atoms with van der Waals surface area (Å²) in [6.07, 6.45) is 1.84. The van der Waals surface area contributed by atoms with E-state index in [2.05, 4.69) is 4.98 Å². The number of rotatable bonds is 7. The molecule has 0 aliphatic heterocycles. The summed E-state index contributed by atoms with van der Waals surface area (Å²) in [4.78, 5) is 29.1. The van der Waals surface area contributed by atoms with E-state index < -0.39 is 31.9 Å². The number of nitrogens with zero attached hydrogens (tertiary/aromatic N) is 2. The zero-order valence-electron chi connectivity index (χ0n) is 17.6. The summed E-state index contributed by atoms with van der Waals surface area (Å²) in [5.74, 6) is -1.54. The predicted octanol–water partition coefficient (Wildman–Crippen LogP) is 1.91. The Labute approximate surface area is 183 Å². The molecule has 2 N–H and O–H groups in total. The molecule has 170 valence electrons. The highest BCUT2D eigenvalue weighted by atomic mass is 32.2. The van der Waals surface area contributed by atoms with Crippen LogP contribution in [0.25, 0.3) is 22.0 Å². The largest absolute Gasteiger partial charge is 0.494 e. The molecule has 0 spiro atoms. The number of ether oxygens (including phenoxy) is 1. The van der Waals surface area contributed by atoms with Crippen molar-refractivity contribution >= 4 is 26.6 Å². The number of nitrogens with one attached hydrogen (secondary N) is 1. The molecule has 1 atom stereocenters. The Bertz CT molecular complexity index is 1360. The maximum atomic E-state index is 14.6. The van der Waals surface area contributed by atoms with Crippen LogP contribution in [0, 0.1) is 5.82 Å². The van der Waals surface area contributed by atoms with E-state index in [0.717, 1.165) is 6.26 Å². The van der Waals surface area contributed by atoms with Crippen LogP contribution in [0.5, 0.6) is 5.75 Å². The standard InChI is InChI=1S/C21H22FN3O6S/c1-21(20(27)24-28,32(3,29)30)9-10-25-12-23-16-11-13(7-8-15(16)19(25)26)14-5-4-6-17(31-2)18(14)22/h4-8,11-12,28H,9-10H2,1-3H3,(H,24,27). The summed E-state index contributed by atoms with van der Waals surface area (Å²) in [5.41, 5.74) is 2.03. The molecular weight excluding hydrogens is 441 g/mol. The minimum absolute atomic E-state index is 0.0896. The van der Waals surface area contributed by atoms with E-state index in [4.69, 9.17) is 9.94 Å². The zero-order chi connectivity index (χ0) is 23.7. The first kappa shape index (κ1) is 23.4. The molecule has 0 aliphatic carbocycles. The fourth-order valence-corrected chi connectivity index (χ4v) is 4.14. The van der Waals surface area contributed by atoms with E-state index in [1.165, 1.54) is 42.5 Å². The van der Waals surface area contributed by atoms with Gasteiger partial charge < -0.3 is 4.74 Å². The Morgan fingerprint density at radius 3 is 2.66 bits per heavy atom. The molecule has 3 rings (SSSR count). The monoisotopic (exact) mass is 463 g/mol. The summed E-state index contributed by atoms with van der Waals surface area (Å²) in [7, 11) is -2.53. The van der Waals surface area contributed by atoms with Gasteiger partial charge in [-0.2, -0.15) is 0 Å². The third-order valence-corrected chi connectivity index (χ3v) is 7.58. The quantitative estimate of drug-likeness (QED) is 0.405. The van der Waals surface area contributed by atoms with Crippen LogP contribution in [0.3, 0.4) is 0 Å². The maximum Gasteiger partial charge on any atom is 0.264 e. The number of amides is 1. The fraction of sp³-hybridized carbons (Fsp3) is 0.286. The van der Waals surface area contributed by atoms with Crippen LogP contribution in [-0.2, 0) is 21.2 Å². The molecule has 0 saturated carbocycles. The minimum Gasteiger partial charge on any atom is -0.494 e. The lowest BCUT2D eigenvalue weighted by molar-refractivity contribution is -0.131. The number of carbonyl (C=O) groups excluding carboxylic acids is 1. The first-order valence-corrected chi connectivity index (χ1v) is 11.4. The van der Waals surface area contributed by atoms with Gasteiger partial charge in [0.2, 0.25) is 0 Å². The lowest BCUT2D eigenvalue weighted by Gasteiger charge is -2.25. The van der Waals surface area contributed by atoms with Crippen LogP contribution >= 0.6 is 0 Å². The number of aromatic nitrogens is 2. The van der Waals surface area contributed by atoms with Crippen LogP contribution in [0.15, 0.2) is 47.5 Å². The van der Waals surface area contributed by atoms with E-state index in [1.54, 1.807) is 24.3 Å². The van der Waals surface area contributed by atoms with Gasteiger partial charge in [0.1, 0.15) is 0 Å². The lowest BCUT2D eigenvalue weighted by Crippen LogP contribution is -2.50. The SMILES string of the molecule is COc1cccc(-c2ccc3c(=O)n(CCC(C)(C(=O)NO)S(C)(=O)=O)cnc3c2)c1F. The van der Waals surface area contributed by atoms with Crippen LogP contribution in [0.4, 0.5) is 4.39 Å². The van der Waals surface area contributed by atoms with Crippen molar-refractivity contribution in [1.82, 2.24) is 15.0 Å². The van der Waals surface area contributed by atoms with Crippen molar-refractivity contribution in [1.29, 1.82) is 0 Å². The van der Waals surface area contributed by atoms with Gasteiger partial charge in [-0.05, 0) is 37.1 Å². The first-order chi connectivity index (χ1) is 15.0. The number of fused-ring (bicyclic) bond motifs is 1. The molecule has 1 aromatic heterocycles. The lowest BCUT2D eigenvalue weighted by atomic mass is 10.0. The average Bonchev–Trinajstić information content (AvgIpc) is 2.77. The van der Waals surface area contributed by atoms with Crippen LogP contribution in [0.1, 0.15) is 13.3 Å². The number of carbonyl (C=O) groups is 1. The second-order valence-corrected chi connectivity index (χ2v) is 9.94. The molecule has 1 amide bonds. The van der Waals surface area contributed by atoms with E-state index >= 15 is 0 Å². The molecule has 1 heterocycles. The van der Waals surface area contributed by atoms with Gasteiger partial charge in [0.15, 0.2) is 26.2 Å². The van der Waals surface area contributed by atoms with Crippen molar-refractivity contribution in [3.8, 4) is 16.9 Å². The third-order valence-electron chi connectivity index (χ3n) is 5.55. The van der Waals surface area contributed by atoms with Gasteiger partial charge in [-0.3, -0.25) is 19.4 Å². The number of aryl methyl sites for hydroxylation is 1. The van der Waals surface area contributed by atoms with Gasteiger partial charge in [-0.1, -0.05) is 18.2 Å². The summed E-state index contributed by atoms with van der Waals surface area (Å²) in [5, 5.41) is 9.16. The van der Waals surface area contributed by atoms with E-state index in [0.29, 0.717) is 11.1 Å². The molecule has 2 aromatic carbocycles. The fourth-order valence-electron chi connectivity index (χ4n) is 3.30. The molecule has 0 fully saturated rings. The van der Waals surface area contributed by atoms with E-state index in [9.17, 15) is 22.4 Å². The van der Waals surface area contributed by atoms with Crippen LogP contribution in [0.2, 0.25) is 0 Å². The zero-order valence-corrected chi connectivity index (χ0v) is 18.4. The number of halogens is 1. The van der Waals surface area contributed by atoms with Gasteiger partial charge in [-0.15, -0.1) is 0 Å². The highest BCUT2D eigenvalue weighted by Gasteiger charge is 2.43. The molecule has 0 radical (unpaired) electrons. The smallest absolute Gasteiger partial charge is 0.264 e. The molecule has 0 aliphatic rings. The van der Waals surface area contributed by atoms with E-state index in [-0.39, 0.29) is 29.7 Å². The Morgan fingerprint density at radius 2 is 2.03 bits per heavy atom. The second-order valence-electron chi connectivity index (χ2n) is 7.49. The number of sulfone groups is 1. The summed E-state index contributed by atoms with van der Waals surface area (Å²) in [6, 6.07) is 9.38. The van der Waals surface area contributed by atoms with Gasteiger partial charge in [0.25, 0.3) is 11.5 Å². The Balaban J connectivity index is 1.98. The number of hydrogen-bond acceptors (Lipinski definition) is 7. The number of benzene rings is 2. The van der Waals surface area contributed by atoms with Crippen molar-refractivity contribution in [3.63, 3.8) is 0 Å². The minimum atomic E-state index is -3.90. The van der Waals surface area contributed by atoms with Gasteiger partial charge in [0.05, 0.1) is 24.3 Å². The maximum absolute atomic E-state index is 14.6. The molecule has 3 aromatic rings. The van der Waals surface area contributed by atoms with Crippen molar-refractivity contribution < 1.29 is 27.5 Å². The first-order valence-electron chi connectivity index (χ1n) is 9.49. The Morgan fingerprint density at radius 1 is 1.31 bits per heavy atom. The third kappa shape index (κ3) is 4.08. The molecular formula is C21H22FN3O6S. The molecule has 0 saturated heterocycles. The van der Waals surface area contributed by atoms with E-state index in [1.807, 2.05) is 0 Å². The Kier molecular flexibility index (Phi) is 6.33. The summed E-state index contributed by atoms with van der Waals surface area (Å²) >= 11 is 0. The van der Waals surface area contributed by atoms with Crippen LogP contribution < -0.4 is 15.8 Å². The molecule has 1 unspecified atom stereocenters. The molecule has 11 heteroatoms. The molecule has 32 heavy (non-hydrogen) atoms. The molecule has 0 bridgehead atoms. The van der Waals surface area contributed by atoms with Crippen molar-refractivity contribution in [2.24, 2.45) is 0 Å². The van der Waals surface area contributed by atoms with Gasteiger partial charge in [0, 0.05) is 18.4 Å². The van der Waals surface area contributed by atoms with Crippen molar-refractivity contribution in [3.05, 3.63) is 58.9 Å². The highest BCUT2D eigenvalue weighted by molar-refractivity contribution is 7.92. The van der Waals surface area contributed by atoms with Gasteiger partial charge >= 0.3 is 0 Å². The van der Waals surface area contributed by atoms with Crippen molar-refractivity contribution in [2.75, 3.05) is 13.4 Å². The van der Waals surface area contributed by atoms with Gasteiger partial charge in [-0.25, -0.2) is 23.3 Å². The Hall–Kier alpha value is -3.31. The highest BCUT2D eigenvalue weighted by Crippen LogP contribution is 2.30. The van der Waals surface area contributed by atoms with Crippen molar-refractivity contribution in [2.45, 2.75) is 24.6 Å².